The third-order valence-electron chi connectivity index (χ3n) is 4.64. The molecular weight excluding hydrogens is 270 g/mol. The maximum absolute atomic E-state index is 5.64. The highest BCUT2D eigenvalue weighted by molar-refractivity contribution is 7.13. The molecule has 2 heterocycles. The molecule has 1 N–H and O–H groups in total. The quantitative estimate of drug-likeness (QED) is 0.926. The van der Waals surface area contributed by atoms with Crippen molar-refractivity contribution in [1.29, 1.82) is 0 Å². The van der Waals surface area contributed by atoms with E-state index in [2.05, 4.69) is 20.6 Å². The van der Waals surface area contributed by atoms with Crippen molar-refractivity contribution in [2.45, 2.75) is 56.7 Å². The van der Waals surface area contributed by atoms with Gasteiger partial charge in [-0.05, 0) is 25.7 Å². The lowest BCUT2D eigenvalue weighted by molar-refractivity contribution is 0.0365. The topological polar surface area (TPSA) is 37.4 Å². The van der Waals surface area contributed by atoms with Gasteiger partial charge in [-0.25, -0.2) is 4.98 Å². The van der Waals surface area contributed by atoms with Gasteiger partial charge in [0.2, 0.25) is 0 Å². The maximum Gasteiger partial charge on any atom is 0.185 e. The summed E-state index contributed by atoms with van der Waals surface area (Å²) >= 11 is 1.74. The van der Waals surface area contributed by atoms with Gasteiger partial charge in [0.15, 0.2) is 5.13 Å². The number of anilines is 1. The Balaban J connectivity index is 1.48. The lowest BCUT2D eigenvalue weighted by Gasteiger charge is -2.38. The molecule has 1 saturated carbocycles. The van der Waals surface area contributed by atoms with Gasteiger partial charge in [-0.2, -0.15) is 0 Å². The molecule has 5 heteroatoms. The molecule has 2 atom stereocenters. The van der Waals surface area contributed by atoms with Crippen molar-refractivity contribution in [3.05, 3.63) is 11.6 Å². The van der Waals surface area contributed by atoms with E-state index in [-0.39, 0.29) is 0 Å². The zero-order valence-electron chi connectivity index (χ0n) is 12.3. The minimum atomic E-state index is 0.417. The van der Waals surface area contributed by atoms with E-state index in [9.17, 15) is 0 Å². The molecule has 0 aromatic carbocycles. The van der Waals surface area contributed by atoms with Crippen LogP contribution in [-0.2, 0) is 4.74 Å². The fourth-order valence-corrected chi connectivity index (χ4v) is 4.18. The molecule has 4 nitrogen and oxygen atoms in total. The summed E-state index contributed by atoms with van der Waals surface area (Å²) in [6.45, 7) is 2.24. The number of nitrogens with zero attached hydrogens (tertiary/aromatic N) is 2. The van der Waals surface area contributed by atoms with E-state index in [1.165, 1.54) is 43.7 Å². The molecule has 0 spiro atoms. The van der Waals surface area contributed by atoms with Crippen molar-refractivity contribution in [3.8, 4) is 0 Å². The van der Waals surface area contributed by atoms with Crippen LogP contribution in [0.2, 0.25) is 0 Å². The summed E-state index contributed by atoms with van der Waals surface area (Å²) in [4.78, 5) is 6.82. The first-order valence-electron chi connectivity index (χ1n) is 7.80. The highest BCUT2D eigenvalue weighted by Crippen LogP contribution is 2.25. The van der Waals surface area contributed by atoms with Crippen molar-refractivity contribution >= 4 is 16.5 Å². The van der Waals surface area contributed by atoms with Crippen molar-refractivity contribution in [1.82, 2.24) is 10.3 Å². The molecule has 2 fully saturated rings. The van der Waals surface area contributed by atoms with E-state index >= 15 is 0 Å². The van der Waals surface area contributed by atoms with Crippen LogP contribution in [0, 0.1) is 0 Å². The van der Waals surface area contributed by atoms with Crippen molar-refractivity contribution < 1.29 is 4.74 Å². The first-order chi connectivity index (χ1) is 9.86. The fourth-order valence-electron chi connectivity index (χ4n) is 3.48. The van der Waals surface area contributed by atoms with E-state index in [1.54, 1.807) is 11.3 Å². The van der Waals surface area contributed by atoms with Crippen LogP contribution in [0.15, 0.2) is 11.6 Å². The van der Waals surface area contributed by atoms with Gasteiger partial charge >= 0.3 is 0 Å². The number of ether oxygens (including phenoxy) is 1. The molecule has 0 amide bonds. The summed E-state index contributed by atoms with van der Waals surface area (Å²) in [5.41, 5.74) is 0. The standard InChI is InChI=1S/C15H25N3OS/c1-19-14-5-3-2-4-13(14)17-12-6-9-18(10-7-12)15-16-8-11-20-15/h8,11-14,17H,2-7,9-10H2,1H3/t13-,14+/m1/s1. The summed E-state index contributed by atoms with van der Waals surface area (Å²) in [5, 5.41) is 7.09. The van der Waals surface area contributed by atoms with Crippen LogP contribution in [-0.4, -0.2) is 43.4 Å². The van der Waals surface area contributed by atoms with Gasteiger partial charge < -0.3 is 15.0 Å². The van der Waals surface area contributed by atoms with E-state index in [0.29, 0.717) is 18.2 Å². The van der Waals surface area contributed by atoms with Crippen LogP contribution in [0.3, 0.4) is 0 Å². The molecule has 2 aliphatic rings. The lowest BCUT2D eigenvalue weighted by atomic mass is 9.91. The normalized spacial score (nSPS) is 28.8. The zero-order chi connectivity index (χ0) is 13.8. The zero-order valence-corrected chi connectivity index (χ0v) is 13.1. The van der Waals surface area contributed by atoms with Gasteiger partial charge in [-0.15, -0.1) is 11.3 Å². The first kappa shape index (κ1) is 14.3. The van der Waals surface area contributed by atoms with Crippen LogP contribution >= 0.6 is 11.3 Å². The van der Waals surface area contributed by atoms with E-state index in [1.807, 2.05) is 13.3 Å². The smallest absolute Gasteiger partial charge is 0.185 e. The number of hydrogen-bond donors (Lipinski definition) is 1. The Kier molecular flexibility index (Phi) is 4.91. The Morgan fingerprint density at radius 1 is 1.25 bits per heavy atom. The van der Waals surface area contributed by atoms with Gasteiger partial charge in [0.05, 0.1) is 6.10 Å². The summed E-state index contributed by atoms with van der Waals surface area (Å²) < 4.78 is 5.64. The number of nitrogens with one attached hydrogen (secondary N) is 1. The molecule has 112 valence electrons. The highest BCUT2D eigenvalue weighted by Gasteiger charge is 2.28. The average Bonchev–Trinajstić information content (AvgIpc) is 3.03. The SMILES string of the molecule is CO[C@H]1CCCC[C@H]1NC1CCN(c2nccs2)CC1. The minimum Gasteiger partial charge on any atom is -0.380 e. The van der Waals surface area contributed by atoms with Gasteiger partial charge in [0, 0.05) is 43.9 Å². The van der Waals surface area contributed by atoms with Crippen LogP contribution < -0.4 is 10.2 Å². The summed E-state index contributed by atoms with van der Waals surface area (Å²) in [5.74, 6) is 0. The average molecular weight is 295 g/mol. The molecule has 1 aliphatic heterocycles. The monoisotopic (exact) mass is 295 g/mol. The molecule has 0 unspecified atom stereocenters. The van der Waals surface area contributed by atoms with E-state index < -0.39 is 0 Å². The Labute approximate surface area is 125 Å². The molecular formula is C15H25N3OS. The summed E-state index contributed by atoms with van der Waals surface area (Å²) in [6, 6.07) is 1.21. The van der Waals surface area contributed by atoms with Crippen LogP contribution in [0.25, 0.3) is 0 Å². The predicted octanol–water partition coefficient (Wildman–Crippen LogP) is 2.66. The van der Waals surface area contributed by atoms with Crippen molar-refractivity contribution in [3.63, 3.8) is 0 Å². The third kappa shape index (κ3) is 3.32. The molecule has 1 aromatic rings. The van der Waals surface area contributed by atoms with Crippen LogP contribution in [0.5, 0.6) is 0 Å². The molecule has 20 heavy (non-hydrogen) atoms. The molecule has 0 bridgehead atoms. The molecule has 1 aliphatic carbocycles. The second-order valence-electron chi connectivity index (χ2n) is 5.91. The van der Waals surface area contributed by atoms with Gasteiger partial charge in [-0.3, -0.25) is 0 Å². The first-order valence-corrected chi connectivity index (χ1v) is 8.68. The minimum absolute atomic E-state index is 0.417. The second-order valence-corrected chi connectivity index (χ2v) is 6.78. The predicted molar refractivity (Wildman–Crippen MR) is 83.5 cm³/mol. The van der Waals surface area contributed by atoms with Gasteiger partial charge in [0.25, 0.3) is 0 Å². The Hall–Kier alpha value is -0.650. The summed E-state index contributed by atoms with van der Waals surface area (Å²) in [7, 11) is 1.86. The third-order valence-corrected chi connectivity index (χ3v) is 5.47. The Morgan fingerprint density at radius 2 is 2.05 bits per heavy atom. The van der Waals surface area contributed by atoms with Crippen LogP contribution in [0.1, 0.15) is 38.5 Å². The van der Waals surface area contributed by atoms with Crippen molar-refractivity contribution in [2.75, 3.05) is 25.1 Å². The number of hydrogen-bond acceptors (Lipinski definition) is 5. The number of methoxy groups -OCH3 is 1. The molecule has 0 radical (unpaired) electrons. The highest BCUT2D eigenvalue weighted by atomic mass is 32.1. The van der Waals surface area contributed by atoms with Gasteiger partial charge in [-0.1, -0.05) is 12.8 Å². The van der Waals surface area contributed by atoms with E-state index in [0.717, 1.165) is 13.1 Å². The van der Waals surface area contributed by atoms with Crippen molar-refractivity contribution in [2.24, 2.45) is 0 Å². The molecule has 1 aromatic heterocycles. The number of aromatic nitrogens is 1. The lowest BCUT2D eigenvalue weighted by Crippen LogP contribution is -2.51. The van der Waals surface area contributed by atoms with E-state index in [4.69, 9.17) is 4.74 Å². The Bertz CT molecular complexity index is 390. The summed E-state index contributed by atoms with van der Waals surface area (Å²) in [6.07, 6.45) is 9.89. The number of piperidine rings is 1. The fraction of sp³-hybridized carbons (Fsp3) is 0.800. The maximum atomic E-state index is 5.64. The van der Waals surface area contributed by atoms with Gasteiger partial charge in [0.1, 0.15) is 0 Å². The second kappa shape index (κ2) is 6.87. The molecule has 3 rings (SSSR count). The number of rotatable bonds is 4. The Morgan fingerprint density at radius 3 is 2.75 bits per heavy atom. The number of thiazole rings is 1. The largest absolute Gasteiger partial charge is 0.380 e. The van der Waals surface area contributed by atoms with Crippen LogP contribution in [0.4, 0.5) is 5.13 Å². The molecule has 1 saturated heterocycles.